The van der Waals surface area contributed by atoms with Crippen LogP contribution in [0.1, 0.15) is 0 Å². The van der Waals surface area contributed by atoms with Gasteiger partial charge in [0.15, 0.2) is 0 Å². The van der Waals surface area contributed by atoms with Crippen molar-refractivity contribution in [1.82, 2.24) is 0 Å². The topological polar surface area (TPSA) is 20.2 Å². The lowest BCUT2D eigenvalue weighted by atomic mass is 10.4. The van der Waals surface area contributed by atoms with Gasteiger partial charge in [-0.3, -0.25) is 0 Å². The highest BCUT2D eigenvalue weighted by atomic mass is 35.5. The molecule has 0 aliphatic heterocycles. The molecule has 0 aromatic heterocycles. The van der Waals surface area contributed by atoms with Crippen molar-refractivity contribution in [3.63, 3.8) is 0 Å². The van der Waals surface area contributed by atoms with Crippen molar-refractivity contribution in [2.45, 2.75) is 6.55 Å². The van der Waals surface area contributed by atoms with Crippen LogP contribution in [-0.4, -0.2) is 13.8 Å². The maximum Gasteiger partial charge on any atom is 0.239 e. The second kappa shape index (κ2) is 3.19. The van der Waals surface area contributed by atoms with Gasteiger partial charge in [-0.25, -0.2) is 0 Å². The zero-order valence-corrected chi connectivity index (χ0v) is 7.39. The third-order valence-electron chi connectivity index (χ3n) is 1.26. The predicted molar refractivity (Wildman–Crippen MR) is 44.9 cm³/mol. The van der Waals surface area contributed by atoms with E-state index >= 15 is 0 Å². The second-order valence-corrected chi connectivity index (χ2v) is 4.28. The predicted octanol–water partition coefficient (Wildman–Crippen LogP) is 1.16. The molecule has 1 rings (SSSR count). The van der Waals surface area contributed by atoms with Gasteiger partial charge < -0.3 is 4.80 Å². The Morgan fingerprint density at radius 2 is 1.80 bits per heavy atom. The van der Waals surface area contributed by atoms with Crippen LogP contribution in [0.15, 0.2) is 24.3 Å². The van der Waals surface area contributed by atoms with Crippen LogP contribution in [0.3, 0.4) is 0 Å². The van der Waals surface area contributed by atoms with Gasteiger partial charge in [0, 0.05) is 5.02 Å². The molecule has 0 atom stereocenters. The molecule has 0 saturated heterocycles. The van der Waals surface area contributed by atoms with Gasteiger partial charge in [-0.1, -0.05) is 23.7 Å². The molecule has 0 unspecified atom stereocenters. The van der Waals surface area contributed by atoms with Gasteiger partial charge in [-0.2, -0.15) is 0 Å². The zero-order chi connectivity index (χ0) is 7.56. The molecule has 0 bridgehead atoms. The maximum atomic E-state index is 9.17. The average Bonchev–Trinajstić information content (AvgIpc) is 1.88. The Bertz CT molecular complexity index is 207. The van der Waals surface area contributed by atoms with E-state index in [0.717, 1.165) is 5.19 Å². The van der Waals surface area contributed by atoms with Crippen LogP contribution in [0.25, 0.3) is 0 Å². The van der Waals surface area contributed by atoms with E-state index in [9.17, 15) is 4.80 Å². The van der Waals surface area contributed by atoms with Crippen molar-refractivity contribution in [3.8, 4) is 0 Å². The van der Waals surface area contributed by atoms with Gasteiger partial charge in [0.25, 0.3) is 0 Å². The van der Waals surface area contributed by atoms with Gasteiger partial charge in [0.05, 0.1) is 0 Å². The summed E-state index contributed by atoms with van der Waals surface area (Å²) in [7, 11) is -1.29. The van der Waals surface area contributed by atoms with Gasteiger partial charge in [-0.05, 0) is 23.9 Å². The maximum absolute atomic E-state index is 9.17. The van der Waals surface area contributed by atoms with E-state index in [-0.39, 0.29) is 0 Å². The zero-order valence-electron chi connectivity index (χ0n) is 5.63. The van der Waals surface area contributed by atoms with E-state index < -0.39 is 9.04 Å². The number of rotatable bonds is 1. The Morgan fingerprint density at radius 1 is 1.30 bits per heavy atom. The molecule has 1 nitrogen and oxygen atoms in total. The van der Waals surface area contributed by atoms with Gasteiger partial charge in [0.1, 0.15) is 0 Å². The molecular weight excluding hydrogens is 164 g/mol. The first-order valence-electron chi connectivity index (χ1n) is 2.98. The number of halogens is 1. The molecule has 0 amide bonds. The highest BCUT2D eigenvalue weighted by Gasteiger charge is 2.01. The minimum atomic E-state index is -1.29. The van der Waals surface area contributed by atoms with E-state index in [4.69, 9.17) is 11.6 Å². The smallest absolute Gasteiger partial charge is 0.239 e. The fraction of sp³-hybridized carbons (Fsp3) is 0.143. The fourth-order valence-corrected chi connectivity index (χ4v) is 1.47. The monoisotopic (exact) mass is 171 g/mol. The van der Waals surface area contributed by atoms with Crippen molar-refractivity contribution in [2.24, 2.45) is 0 Å². The minimum Gasteiger partial charge on any atom is -0.427 e. The molecule has 0 aliphatic carbocycles. The van der Waals surface area contributed by atoms with Gasteiger partial charge in [-0.15, -0.1) is 0 Å². The van der Waals surface area contributed by atoms with Crippen LogP contribution in [0.2, 0.25) is 11.6 Å². The highest BCUT2D eigenvalue weighted by Crippen LogP contribution is 2.03. The van der Waals surface area contributed by atoms with Crippen molar-refractivity contribution >= 4 is 25.8 Å². The third-order valence-corrected chi connectivity index (χ3v) is 2.68. The van der Waals surface area contributed by atoms with Crippen molar-refractivity contribution < 1.29 is 4.80 Å². The summed E-state index contributed by atoms with van der Waals surface area (Å²) in [6.07, 6.45) is 0. The number of benzene rings is 1. The summed E-state index contributed by atoms with van der Waals surface area (Å²) in [5.74, 6) is 0. The van der Waals surface area contributed by atoms with Crippen LogP contribution >= 0.6 is 11.6 Å². The molecule has 1 radical (unpaired) electrons. The molecule has 0 aliphatic rings. The van der Waals surface area contributed by atoms with Crippen LogP contribution in [-0.2, 0) is 0 Å². The Hall–Kier alpha value is -0.313. The third kappa shape index (κ3) is 1.83. The summed E-state index contributed by atoms with van der Waals surface area (Å²) >= 11 is 5.65. The van der Waals surface area contributed by atoms with Crippen LogP contribution in [0.4, 0.5) is 0 Å². The summed E-state index contributed by atoms with van der Waals surface area (Å²) in [6, 6.07) is 7.30. The van der Waals surface area contributed by atoms with Crippen molar-refractivity contribution in [1.29, 1.82) is 0 Å². The largest absolute Gasteiger partial charge is 0.427 e. The highest BCUT2D eigenvalue weighted by molar-refractivity contribution is 6.64. The Kier molecular flexibility index (Phi) is 2.48. The number of hydrogen-bond donors (Lipinski definition) is 1. The SMILES string of the molecule is C[Si](O)c1ccc(Cl)cc1. The van der Waals surface area contributed by atoms with E-state index in [0.29, 0.717) is 5.02 Å². The molecule has 0 saturated carbocycles. The van der Waals surface area contributed by atoms with Crippen molar-refractivity contribution in [3.05, 3.63) is 29.3 Å². The van der Waals surface area contributed by atoms with Gasteiger partial charge in [0.2, 0.25) is 9.04 Å². The summed E-state index contributed by atoms with van der Waals surface area (Å²) in [6.45, 7) is 1.83. The van der Waals surface area contributed by atoms with Gasteiger partial charge >= 0.3 is 0 Å². The lowest BCUT2D eigenvalue weighted by Crippen LogP contribution is -2.25. The van der Waals surface area contributed by atoms with Crippen LogP contribution in [0, 0.1) is 0 Å². The van der Waals surface area contributed by atoms with Crippen molar-refractivity contribution in [2.75, 3.05) is 0 Å². The molecule has 1 aromatic rings. The normalized spacial score (nSPS) is 10.4. The first-order valence-corrected chi connectivity index (χ1v) is 5.31. The molecule has 0 spiro atoms. The van der Waals surface area contributed by atoms with E-state index in [1.807, 2.05) is 18.7 Å². The Balaban J connectivity index is 2.89. The quantitative estimate of drug-likeness (QED) is 0.629. The van der Waals surface area contributed by atoms with E-state index in [1.165, 1.54) is 0 Å². The summed E-state index contributed by atoms with van der Waals surface area (Å²) in [4.78, 5) is 9.17. The molecular formula is C7H8ClOSi. The lowest BCUT2D eigenvalue weighted by Gasteiger charge is -1.99. The fourth-order valence-electron chi connectivity index (χ4n) is 0.691. The molecule has 53 valence electrons. The Morgan fingerprint density at radius 3 is 2.20 bits per heavy atom. The molecule has 0 fully saturated rings. The van der Waals surface area contributed by atoms with Crippen LogP contribution in [0.5, 0.6) is 0 Å². The number of hydrogen-bond acceptors (Lipinski definition) is 1. The molecule has 1 aromatic carbocycles. The first-order chi connectivity index (χ1) is 4.70. The first kappa shape index (κ1) is 7.79. The Labute approximate surface area is 67.0 Å². The molecule has 1 N–H and O–H groups in total. The minimum absolute atomic E-state index is 0.715. The van der Waals surface area contributed by atoms with E-state index in [2.05, 4.69) is 0 Å². The lowest BCUT2D eigenvalue weighted by molar-refractivity contribution is 0.594. The van der Waals surface area contributed by atoms with Crippen LogP contribution < -0.4 is 5.19 Å². The molecule has 3 heteroatoms. The standard InChI is InChI=1S/C7H8ClOSi/c1-10(9)7-4-2-6(8)3-5-7/h2-5,9H,1H3. The van der Waals surface area contributed by atoms with E-state index in [1.54, 1.807) is 12.1 Å². The molecule has 10 heavy (non-hydrogen) atoms. The molecule has 0 heterocycles. The second-order valence-electron chi connectivity index (χ2n) is 2.09. The summed E-state index contributed by atoms with van der Waals surface area (Å²) < 4.78 is 0. The average molecular weight is 172 g/mol. The summed E-state index contributed by atoms with van der Waals surface area (Å²) in [5, 5.41) is 1.71. The summed E-state index contributed by atoms with van der Waals surface area (Å²) in [5.41, 5.74) is 0.